The average molecular weight is 423 g/mol. The van der Waals surface area contributed by atoms with Crippen molar-refractivity contribution in [3.8, 4) is 0 Å². The molecule has 3 aromatic rings. The van der Waals surface area contributed by atoms with Gasteiger partial charge in [0, 0.05) is 36.3 Å². The molecule has 1 saturated heterocycles. The Morgan fingerprint density at radius 1 is 1.07 bits per heavy atom. The Bertz CT molecular complexity index is 1050. The highest BCUT2D eigenvalue weighted by atomic mass is 32.2. The summed E-state index contributed by atoms with van der Waals surface area (Å²) in [4.78, 5) is 17.9. The van der Waals surface area contributed by atoms with Crippen molar-refractivity contribution in [1.29, 1.82) is 0 Å². The molecule has 1 aliphatic rings. The third-order valence-corrected chi connectivity index (χ3v) is 6.74. The number of benzene rings is 2. The summed E-state index contributed by atoms with van der Waals surface area (Å²) in [5.41, 5.74) is 2.42. The second kappa shape index (κ2) is 8.88. The molecule has 0 saturated carbocycles. The fourth-order valence-corrected chi connectivity index (χ4v) is 4.88. The van der Waals surface area contributed by atoms with E-state index >= 15 is 0 Å². The van der Waals surface area contributed by atoms with Crippen LogP contribution in [0.4, 0.5) is 5.69 Å². The number of carbonyl (C=O) groups excluding carboxylic acids is 1. The second-order valence-electron chi connectivity index (χ2n) is 7.70. The Labute approximate surface area is 179 Å². The zero-order valence-electron chi connectivity index (χ0n) is 17.3. The van der Waals surface area contributed by atoms with E-state index in [1.807, 2.05) is 35.2 Å². The van der Waals surface area contributed by atoms with Crippen molar-refractivity contribution in [2.45, 2.75) is 30.5 Å². The van der Waals surface area contributed by atoms with Gasteiger partial charge < -0.3 is 14.2 Å². The van der Waals surface area contributed by atoms with Crippen LogP contribution in [-0.4, -0.2) is 40.7 Å². The SMILES string of the molecule is Cc1cccc(N2CCN(C(=O)c3ccc(C[S@@](=O)c4ccccc4)o3)C[C@H]2C)c1. The van der Waals surface area contributed by atoms with Gasteiger partial charge in [0.05, 0.1) is 16.6 Å². The number of rotatable bonds is 5. The van der Waals surface area contributed by atoms with Crippen molar-refractivity contribution in [1.82, 2.24) is 4.90 Å². The number of piperazine rings is 1. The van der Waals surface area contributed by atoms with Gasteiger partial charge in [0.25, 0.3) is 5.91 Å². The largest absolute Gasteiger partial charge is 0.455 e. The summed E-state index contributed by atoms with van der Waals surface area (Å²) >= 11 is 0. The molecule has 30 heavy (non-hydrogen) atoms. The summed E-state index contributed by atoms with van der Waals surface area (Å²) in [6, 6.07) is 21.4. The van der Waals surface area contributed by atoms with E-state index in [0.29, 0.717) is 24.6 Å². The summed E-state index contributed by atoms with van der Waals surface area (Å²) < 4.78 is 18.2. The van der Waals surface area contributed by atoms with Gasteiger partial charge in [-0.3, -0.25) is 9.00 Å². The predicted octanol–water partition coefficient (Wildman–Crippen LogP) is 4.25. The van der Waals surface area contributed by atoms with Crippen molar-refractivity contribution in [2.24, 2.45) is 0 Å². The summed E-state index contributed by atoms with van der Waals surface area (Å²) in [5.74, 6) is 1.02. The number of hydrogen-bond acceptors (Lipinski definition) is 4. The summed E-state index contributed by atoms with van der Waals surface area (Å²) in [6.45, 7) is 6.29. The Hall–Kier alpha value is -2.86. The van der Waals surface area contributed by atoms with Crippen LogP contribution in [0.15, 0.2) is 76.0 Å². The van der Waals surface area contributed by atoms with Crippen molar-refractivity contribution < 1.29 is 13.4 Å². The number of nitrogens with zero attached hydrogens (tertiary/aromatic N) is 2. The first-order chi connectivity index (χ1) is 14.5. The lowest BCUT2D eigenvalue weighted by atomic mass is 10.1. The Kier molecular flexibility index (Phi) is 6.04. The highest BCUT2D eigenvalue weighted by Gasteiger charge is 2.29. The van der Waals surface area contributed by atoms with Gasteiger partial charge in [-0.05, 0) is 55.8 Å². The van der Waals surface area contributed by atoms with Crippen molar-refractivity contribution >= 4 is 22.4 Å². The molecule has 6 heteroatoms. The number of carbonyl (C=O) groups is 1. The van der Waals surface area contributed by atoms with E-state index in [2.05, 4.69) is 43.0 Å². The molecule has 0 unspecified atom stereocenters. The van der Waals surface area contributed by atoms with Gasteiger partial charge in [-0.2, -0.15) is 0 Å². The lowest BCUT2D eigenvalue weighted by molar-refractivity contribution is 0.0692. The Morgan fingerprint density at radius 3 is 2.60 bits per heavy atom. The molecule has 0 bridgehead atoms. The van der Waals surface area contributed by atoms with Crippen LogP contribution in [0.2, 0.25) is 0 Å². The monoisotopic (exact) mass is 422 g/mol. The molecule has 2 atom stereocenters. The van der Waals surface area contributed by atoms with Gasteiger partial charge in [0.1, 0.15) is 5.76 Å². The smallest absolute Gasteiger partial charge is 0.289 e. The molecule has 1 aliphatic heterocycles. The maximum Gasteiger partial charge on any atom is 0.289 e. The first kappa shape index (κ1) is 20.4. The maximum absolute atomic E-state index is 12.9. The molecule has 5 nitrogen and oxygen atoms in total. The van der Waals surface area contributed by atoms with E-state index < -0.39 is 10.8 Å². The van der Waals surface area contributed by atoms with E-state index in [0.717, 1.165) is 11.4 Å². The molecule has 0 spiro atoms. The summed E-state index contributed by atoms with van der Waals surface area (Å²) in [7, 11) is -1.20. The summed E-state index contributed by atoms with van der Waals surface area (Å²) in [6.07, 6.45) is 0. The molecule has 2 aromatic carbocycles. The normalized spacial score (nSPS) is 17.7. The molecule has 2 heterocycles. The van der Waals surface area contributed by atoms with Gasteiger partial charge in [-0.25, -0.2) is 0 Å². The standard InChI is InChI=1S/C24H26N2O3S/c1-18-7-6-8-20(15-18)26-14-13-25(16-19(26)2)24(27)23-12-11-21(29-23)17-30(28)22-9-4-3-5-10-22/h3-12,15,19H,13-14,16-17H2,1-2H3/t19-,30-/m1/s1. The van der Waals surface area contributed by atoms with Gasteiger partial charge in [0.15, 0.2) is 5.76 Å². The van der Waals surface area contributed by atoms with E-state index in [-0.39, 0.29) is 17.7 Å². The van der Waals surface area contributed by atoms with Crippen molar-refractivity contribution in [2.75, 3.05) is 24.5 Å². The fourth-order valence-electron chi connectivity index (χ4n) is 3.84. The van der Waals surface area contributed by atoms with Crippen LogP contribution in [0.25, 0.3) is 0 Å². The molecular formula is C24H26N2O3S. The molecular weight excluding hydrogens is 396 g/mol. The first-order valence-corrected chi connectivity index (χ1v) is 11.5. The minimum atomic E-state index is -1.20. The summed E-state index contributed by atoms with van der Waals surface area (Å²) in [5, 5.41) is 0. The third kappa shape index (κ3) is 4.49. The van der Waals surface area contributed by atoms with Crippen LogP contribution in [0.1, 0.15) is 28.8 Å². The number of amides is 1. The molecule has 4 rings (SSSR count). The van der Waals surface area contributed by atoms with E-state index in [1.165, 1.54) is 11.3 Å². The van der Waals surface area contributed by atoms with Crippen LogP contribution in [0.3, 0.4) is 0 Å². The lowest BCUT2D eigenvalue weighted by Gasteiger charge is -2.41. The van der Waals surface area contributed by atoms with E-state index in [9.17, 15) is 9.00 Å². The fraction of sp³-hybridized carbons (Fsp3) is 0.292. The minimum absolute atomic E-state index is 0.109. The third-order valence-electron chi connectivity index (χ3n) is 5.40. The minimum Gasteiger partial charge on any atom is -0.455 e. The van der Waals surface area contributed by atoms with E-state index in [1.54, 1.807) is 12.1 Å². The second-order valence-corrected chi connectivity index (χ2v) is 9.15. The predicted molar refractivity (Wildman–Crippen MR) is 119 cm³/mol. The van der Waals surface area contributed by atoms with Gasteiger partial charge in [-0.15, -0.1) is 0 Å². The molecule has 0 aliphatic carbocycles. The maximum atomic E-state index is 12.9. The number of aryl methyl sites for hydroxylation is 1. The first-order valence-electron chi connectivity index (χ1n) is 10.2. The number of furan rings is 1. The molecule has 0 radical (unpaired) electrons. The molecule has 1 amide bonds. The van der Waals surface area contributed by atoms with Crippen LogP contribution in [-0.2, 0) is 16.6 Å². The average Bonchev–Trinajstić information content (AvgIpc) is 3.22. The highest BCUT2D eigenvalue weighted by molar-refractivity contribution is 7.84. The quantitative estimate of drug-likeness (QED) is 0.617. The highest BCUT2D eigenvalue weighted by Crippen LogP contribution is 2.23. The van der Waals surface area contributed by atoms with Crippen LogP contribution in [0.5, 0.6) is 0 Å². The van der Waals surface area contributed by atoms with Crippen LogP contribution in [0, 0.1) is 6.92 Å². The van der Waals surface area contributed by atoms with Crippen LogP contribution >= 0.6 is 0 Å². The zero-order chi connectivity index (χ0) is 21.1. The number of hydrogen-bond donors (Lipinski definition) is 0. The zero-order valence-corrected chi connectivity index (χ0v) is 18.1. The van der Waals surface area contributed by atoms with Gasteiger partial charge in [0.2, 0.25) is 0 Å². The molecule has 0 N–H and O–H groups in total. The number of anilines is 1. The molecule has 156 valence electrons. The van der Waals surface area contributed by atoms with Crippen LogP contribution < -0.4 is 4.90 Å². The Balaban J connectivity index is 1.39. The molecule has 1 aromatic heterocycles. The lowest BCUT2D eigenvalue weighted by Crippen LogP contribution is -2.53. The van der Waals surface area contributed by atoms with Crippen molar-refractivity contribution in [3.05, 3.63) is 83.8 Å². The van der Waals surface area contributed by atoms with Crippen molar-refractivity contribution in [3.63, 3.8) is 0 Å². The topological polar surface area (TPSA) is 53.8 Å². The Morgan fingerprint density at radius 2 is 1.87 bits per heavy atom. The van der Waals surface area contributed by atoms with E-state index in [4.69, 9.17) is 4.42 Å². The van der Waals surface area contributed by atoms with Gasteiger partial charge in [-0.1, -0.05) is 30.3 Å². The van der Waals surface area contributed by atoms with Gasteiger partial charge >= 0.3 is 0 Å². The molecule has 1 fully saturated rings.